The van der Waals surface area contributed by atoms with Crippen LogP contribution in [0.2, 0.25) is 0 Å². The van der Waals surface area contributed by atoms with E-state index in [0.29, 0.717) is 5.56 Å². The summed E-state index contributed by atoms with van der Waals surface area (Å²) in [4.78, 5) is 19.0. The minimum atomic E-state index is -0.748. The number of aromatic nitrogens is 3. The number of hydrogen-bond acceptors (Lipinski definition) is 3. The van der Waals surface area contributed by atoms with Crippen LogP contribution in [0, 0.1) is 0 Å². The Morgan fingerprint density at radius 1 is 1.14 bits per heavy atom. The number of nitrogens with one attached hydrogen (secondary N) is 1. The standard InChI is InChI=1S/C17H14N4O/c1-21-16(22)13-6-2-3-7-14(13)17(21,12-10-19-20-11-12)15-8-4-5-9-18-15/h2-11H,1H3,(H,19,20). The summed E-state index contributed by atoms with van der Waals surface area (Å²) < 4.78 is 0. The van der Waals surface area contributed by atoms with Crippen LogP contribution in [0.5, 0.6) is 0 Å². The van der Waals surface area contributed by atoms with Gasteiger partial charge in [-0.3, -0.25) is 14.9 Å². The summed E-state index contributed by atoms with van der Waals surface area (Å²) in [5.74, 6) is -0.0116. The third-order valence-electron chi connectivity index (χ3n) is 4.31. The predicted octanol–water partition coefficient (Wildman–Crippen LogP) is 2.18. The predicted molar refractivity (Wildman–Crippen MR) is 81.2 cm³/mol. The molecule has 108 valence electrons. The molecule has 1 amide bonds. The van der Waals surface area contributed by atoms with E-state index in [-0.39, 0.29) is 5.91 Å². The molecule has 1 unspecified atom stereocenters. The van der Waals surface area contributed by atoms with Crippen molar-refractivity contribution in [1.82, 2.24) is 20.1 Å². The van der Waals surface area contributed by atoms with Gasteiger partial charge in [0.1, 0.15) is 5.54 Å². The fraction of sp³-hybridized carbons (Fsp3) is 0.118. The molecule has 1 N–H and O–H groups in total. The highest BCUT2D eigenvalue weighted by molar-refractivity contribution is 6.01. The molecule has 0 spiro atoms. The maximum absolute atomic E-state index is 12.7. The molecule has 5 nitrogen and oxygen atoms in total. The monoisotopic (exact) mass is 290 g/mol. The fourth-order valence-corrected chi connectivity index (χ4v) is 3.33. The number of H-pyrrole nitrogens is 1. The smallest absolute Gasteiger partial charge is 0.255 e. The number of carbonyl (C=O) groups is 1. The molecule has 1 aromatic carbocycles. The second-order valence-corrected chi connectivity index (χ2v) is 5.32. The lowest BCUT2D eigenvalue weighted by Crippen LogP contribution is -2.43. The van der Waals surface area contributed by atoms with Gasteiger partial charge >= 0.3 is 0 Å². The number of hydrogen-bond donors (Lipinski definition) is 1. The molecule has 1 atom stereocenters. The maximum Gasteiger partial charge on any atom is 0.255 e. The van der Waals surface area contributed by atoms with Crippen LogP contribution in [-0.2, 0) is 5.54 Å². The van der Waals surface area contributed by atoms with Crippen molar-refractivity contribution in [3.05, 3.63) is 83.4 Å². The van der Waals surface area contributed by atoms with Crippen LogP contribution in [0.25, 0.3) is 0 Å². The van der Waals surface area contributed by atoms with Gasteiger partial charge in [0.2, 0.25) is 0 Å². The second kappa shape index (κ2) is 4.53. The van der Waals surface area contributed by atoms with Crippen molar-refractivity contribution >= 4 is 5.91 Å². The molecule has 0 saturated heterocycles. The summed E-state index contributed by atoms with van der Waals surface area (Å²) in [6.07, 6.45) is 5.32. The van der Waals surface area contributed by atoms with Gasteiger partial charge < -0.3 is 4.90 Å². The molecule has 0 fully saturated rings. The van der Waals surface area contributed by atoms with E-state index in [4.69, 9.17) is 0 Å². The molecule has 2 aromatic heterocycles. The van der Waals surface area contributed by atoms with Crippen LogP contribution in [0.15, 0.2) is 61.1 Å². The molecular formula is C17H14N4O. The number of amides is 1. The summed E-state index contributed by atoms with van der Waals surface area (Å²) in [7, 11) is 1.81. The third-order valence-corrected chi connectivity index (χ3v) is 4.31. The molecule has 3 aromatic rings. The van der Waals surface area contributed by atoms with Gasteiger partial charge in [0.05, 0.1) is 11.9 Å². The minimum Gasteiger partial charge on any atom is -0.322 e. The molecule has 0 bridgehead atoms. The van der Waals surface area contributed by atoms with E-state index >= 15 is 0 Å². The van der Waals surface area contributed by atoms with E-state index in [9.17, 15) is 4.79 Å². The van der Waals surface area contributed by atoms with Crippen LogP contribution in [0.1, 0.15) is 27.2 Å². The number of pyridine rings is 1. The van der Waals surface area contributed by atoms with Gasteiger partial charge in [-0.15, -0.1) is 0 Å². The zero-order valence-corrected chi connectivity index (χ0v) is 12.0. The van der Waals surface area contributed by atoms with Crippen molar-refractivity contribution < 1.29 is 4.79 Å². The summed E-state index contributed by atoms with van der Waals surface area (Å²) >= 11 is 0. The van der Waals surface area contributed by atoms with Gasteiger partial charge in [-0.25, -0.2) is 0 Å². The number of fused-ring (bicyclic) bond motifs is 1. The van der Waals surface area contributed by atoms with Gasteiger partial charge in [0.15, 0.2) is 0 Å². The Hall–Kier alpha value is -2.95. The van der Waals surface area contributed by atoms with Crippen molar-refractivity contribution in [2.24, 2.45) is 0 Å². The number of nitrogens with zero attached hydrogens (tertiary/aromatic N) is 3. The lowest BCUT2D eigenvalue weighted by Gasteiger charge is -2.35. The molecule has 1 aliphatic heterocycles. The molecular weight excluding hydrogens is 276 g/mol. The Morgan fingerprint density at radius 3 is 2.68 bits per heavy atom. The van der Waals surface area contributed by atoms with Gasteiger partial charge in [-0.1, -0.05) is 24.3 Å². The SMILES string of the molecule is CN1C(=O)c2ccccc2C1(c1cn[nH]c1)c1ccccn1. The van der Waals surface area contributed by atoms with E-state index in [1.54, 1.807) is 17.3 Å². The Labute approximate surface area is 127 Å². The normalized spacial score (nSPS) is 20.2. The van der Waals surface area contributed by atoms with Crippen molar-refractivity contribution in [2.45, 2.75) is 5.54 Å². The first-order chi connectivity index (χ1) is 10.8. The zero-order chi connectivity index (χ0) is 15.2. The van der Waals surface area contributed by atoms with Crippen molar-refractivity contribution in [3.63, 3.8) is 0 Å². The summed E-state index contributed by atoms with van der Waals surface area (Å²) in [5, 5.41) is 6.93. The van der Waals surface area contributed by atoms with E-state index in [1.165, 1.54) is 0 Å². The molecule has 4 rings (SSSR count). The maximum atomic E-state index is 12.7. The van der Waals surface area contributed by atoms with E-state index in [1.807, 2.05) is 55.7 Å². The van der Waals surface area contributed by atoms with E-state index < -0.39 is 5.54 Å². The second-order valence-electron chi connectivity index (χ2n) is 5.32. The Morgan fingerprint density at radius 2 is 1.95 bits per heavy atom. The fourth-order valence-electron chi connectivity index (χ4n) is 3.33. The van der Waals surface area contributed by atoms with Crippen molar-refractivity contribution in [2.75, 3.05) is 7.05 Å². The number of aromatic amines is 1. The summed E-state index contributed by atoms with van der Waals surface area (Å²) in [6, 6.07) is 13.4. The average Bonchev–Trinajstić information content (AvgIpc) is 3.17. The highest BCUT2D eigenvalue weighted by Gasteiger charge is 2.51. The van der Waals surface area contributed by atoms with E-state index in [0.717, 1.165) is 16.8 Å². The van der Waals surface area contributed by atoms with Crippen LogP contribution < -0.4 is 0 Å². The highest BCUT2D eigenvalue weighted by atomic mass is 16.2. The van der Waals surface area contributed by atoms with Gasteiger partial charge in [0, 0.05) is 36.1 Å². The van der Waals surface area contributed by atoms with E-state index in [2.05, 4.69) is 15.2 Å². The molecule has 0 radical (unpaired) electrons. The third kappa shape index (κ3) is 1.45. The molecule has 5 heteroatoms. The lowest BCUT2D eigenvalue weighted by molar-refractivity contribution is 0.0732. The molecule has 0 saturated carbocycles. The van der Waals surface area contributed by atoms with Crippen molar-refractivity contribution in [3.8, 4) is 0 Å². The first-order valence-corrected chi connectivity index (χ1v) is 7.04. The lowest BCUT2D eigenvalue weighted by atomic mass is 9.81. The number of benzene rings is 1. The van der Waals surface area contributed by atoms with Crippen LogP contribution >= 0.6 is 0 Å². The molecule has 1 aliphatic rings. The summed E-state index contributed by atoms with van der Waals surface area (Å²) in [5.41, 5.74) is 2.59. The van der Waals surface area contributed by atoms with Crippen LogP contribution in [-0.4, -0.2) is 33.0 Å². The summed E-state index contributed by atoms with van der Waals surface area (Å²) in [6.45, 7) is 0. The Balaban J connectivity index is 2.11. The average molecular weight is 290 g/mol. The Kier molecular flexibility index (Phi) is 2.63. The van der Waals surface area contributed by atoms with Crippen LogP contribution in [0.4, 0.5) is 0 Å². The molecule has 22 heavy (non-hydrogen) atoms. The number of carbonyl (C=O) groups excluding carboxylic acids is 1. The molecule has 3 heterocycles. The topological polar surface area (TPSA) is 61.9 Å². The zero-order valence-electron chi connectivity index (χ0n) is 12.0. The van der Waals surface area contributed by atoms with Crippen molar-refractivity contribution in [1.29, 1.82) is 0 Å². The quantitative estimate of drug-likeness (QED) is 0.787. The molecule has 0 aliphatic carbocycles. The van der Waals surface area contributed by atoms with Gasteiger partial charge in [0.25, 0.3) is 5.91 Å². The highest BCUT2D eigenvalue weighted by Crippen LogP contribution is 2.46. The minimum absolute atomic E-state index is 0.0116. The first-order valence-electron chi connectivity index (χ1n) is 7.04. The van der Waals surface area contributed by atoms with Crippen LogP contribution in [0.3, 0.4) is 0 Å². The first kappa shape index (κ1) is 12.8. The van der Waals surface area contributed by atoms with Gasteiger partial charge in [-0.05, 0) is 18.2 Å². The number of rotatable bonds is 2. The van der Waals surface area contributed by atoms with Gasteiger partial charge in [-0.2, -0.15) is 5.10 Å². The Bertz CT molecular complexity index is 829. The largest absolute Gasteiger partial charge is 0.322 e.